The molecule has 0 heterocycles. The Hall–Kier alpha value is -3.52. The normalized spacial score (nSPS) is 10.9. The van der Waals surface area contributed by atoms with E-state index in [1.165, 1.54) is 25.3 Å². The quantitative estimate of drug-likeness (QED) is 0.514. The lowest BCUT2D eigenvalue weighted by atomic mass is 10.2. The number of benzene rings is 3. The predicted molar refractivity (Wildman–Crippen MR) is 120 cm³/mol. The molecule has 0 aliphatic carbocycles. The minimum Gasteiger partial charge on any atom is -0.495 e. The molecule has 0 bridgehead atoms. The maximum absolute atomic E-state index is 12.8. The van der Waals surface area contributed by atoms with Gasteiger partial charge in [0, 0.05) is 12.1 Å². The van der Waals surface area contributed by atoms with Crippen LogP contribution in [0.3, 0.4) is 0 Å². The molecule has 3 aromatic rings. The van der Waals surface area contributed by atoms with E-state index < -0.39 is 10.0 Å². The van der Waals surface area contributed by atoms with E-state index in [2.05, 4.69) is 10.0 Å². The molecule has 1 amide bonds. The summed E-state index contributed by atoms with van der Waals surface area (Å²) in [6.07, 6.45) is 0.261. The van der Waals surface area contributed by atoms with E-state index in [9.17, 15) is 13.2 Å². The molecule has 0 atom stereocenters. The molecular weight excluding hydrogens is 416 g/mol. The summed E-state index contributed by atoms with van der Waals surface area (Å²) in [6.45, 7) is 2.13. The highest BCUT2D eigenvalue weighted by Gasteiger charge is 2.18. The summed E-state index contributed by atoms with van der Waals surface area (Å²) in [6, 6.07) is 20.7. The van der Waals surface area contributed by atoms with Crippen molar-refractivity contribution in [3.63, 3.8) is 0 Å². The number of rotatable bonds is 9. The summed E-state index contributed by atoms with van der Waals surface area (Å²) in [5, 5.41) is 2.65. The zero-order valence-corrected chi connectivity index (χ0v) is 18.1. The molecule has 0 saturated heterocycles. The lowest BCUT2D eigenvalue weighted by Crippen LogP contribution is -2.15. The van der Waals surface area contributed by atoms with Gasteiger partial charge >= 0.3 is 0 Å². The second-order valence-corrected chi connectivity index (χ2v) is 8.35. The second-order valence-electron chi connectivity index (χ2n) is 6.67. The van der Waals surface area contributed by atoms with Crippen LogP contribution < -0.4 is 19.5 Å². The van der Waals surface area contributed by atoms with Gasteiger partial charge in [-0.15, -0.1) is 0 Å². The van der Waals surface area contributed by atoms with Crippen molar-refractivity contribution in [2.75, 3.05) is 17.1 Å². The molecule has 2 N–H and O–H groups in total. The van der Waals surface area contributed by atoms with E-state index in [-0.39, 0.29) is 17.2 Å². The maximum Gasteiger partial charge on any atom is 0.261 e. The van der Waals surface area contributed by atoms with Gasteiger partial charge in [0.1, 0.15) is 18.1 Å². The molecular formula is C23H24N2O5S. The molecule has 0 unspecified atom stereocenters. The van der Waals surface area contributed by atoms with E-state index in [0.29, 0.717) is 29.5 Å². The summed E-state index contributed by atoms with van der Waals surface area (Å²) < 4.78 is 39.1. The van der Waals surface area contributed by atoms with E-state index in [1.807, 2.05) is 30.3 Å². The number of carbonyl (C=O) groups is 1. The highest BCUT2D eigenvalue weighted by atomic mass is 32.2. The van der Waals surface area contributed by atoms with Crippen LogP contribution in [0.4, 0.5) is 11.4 Å². The summed E-state index contributed by atoms with van der Waals surface area (Å²) in [4.78, 5) is 11.7. The van der Waals surface area contributed by atoms with E-state index in [1.54, 1.807) is 31.2 Å². The molecule has 0 saturated carbocycles. The topological polar surface area (TPSA) is 93.7 Å². The standard InChI is InChI=1S/C23H24N2O5S/c1-3-23(26)24-21-15-20(13-14-22(21)29-2)31(27,28)25-18-9-11-19(12-10-18)30-16-17-7-5-4-6-8-17/h4-15,25H,3,16H2,1-2H3,(H,24,26). The average Bonchev–Trinajstić information content (AvgIpc) is 2.79. The first-order valence-electron chi connectivity index (χ1n) is 9.69. The number of amides is 1. The fraction of sp³-hybridized carbons (Fsp3) is 0.174. The van der Waals surface area contributed by atoms with Crippen LogP contribution in [0.15, 0.2) is 77.7 Å². The van der Waals surface area contributed by atoms with Crippen LogP contribution in [0.1, 0.15) is 18.9 Å². The third kappa shape index (κ3) is 5.99. The third-order valence-electron chi connectivity index (χ3n) is 4.43. The molecule has 162 valence electrons. The number of nitrogens with one attached hydrogen (secondary N) is 2. The molecule has 3 aromatic carbocycles. The van der Waals surface area contributed by atoms with Gasteiger partial charge in [-0.3, -0.25) is 9.52 Å². The van der Waals surface area contributed by atoms with Crippen LogP contribution in [-0.2, 0) is 21.4 Å². The average molecular weight is 441 g/mol. The Bertz CT molecular complexity index is 1130. The summed E-state index contributed by atoms with van der Waals surface area (Å²) in [5.41, 5.74) is 1.72. The highest BCUT2D eigenvalue weighted by molar-refractivity contribution is 7.92. The molecule has 0 aliphatic rings. The van der Waals surface area contributed by atoms with Crippen molar-refractivity contribution in [2.45, 2.75) is 24.8 Å². The van der Waals surface area contributed by atoms with Crippen LogP contribution in [0.5, 0.6) is 11.5 Å². The number of methoxy groups -OCH3 is 1. The molecule has 3 rings (SSSR count). The zero-order valence-electron chi connectivity index (χ0n) is 17.3. The Morgan fingerprint density at radius 3 is 2.32 bits per heavy atom. The van der Waals surface area contributed by atoms with E-state index >= 15 is 0 Å². The first-order chi connectivity index (χ1) is 14.9. The van der Waals surface area contributed by atoms with Gasteiger partial charge in [0.05, 0.1) is 17.7 Å². The van der Waals surface area contributed by atoms with Crippen molar-refractivity contribution in [1.82, 2.24) is 0 Å². The lowest BCUT2D eigenvalue weighted by molar-refractivity contribution is -0.115. The van der Waals surface area contributed by atoms with Crippen LogP contribution in [0.2, 0.25) is 0 Å². The molecule has 0 fully saturated rings. The Morgan fingerprint density at radius 2 is 1.68 bits per heavy atom. The predicted octanol–water partition coefficient (Wildman–Crippen LogP) is 4.42. The zero-order chi connectivity index (χ0) is 22.3. The van der Waals surface area contributed by atoms with Crippen molar-refractivity contribution in [3.05, 3.63) is 78.4 Å². The Morgan fingerprint density at radius 1 is 0.968 bits per heavy atom. The SMILES string of the molecule is CCC(=O)Nc1cc(S(=O)(=O)Nc2ccc(OCc3ccccc3)cc2)ccc1OC. The lowest BCUT2D eigenvalue weighted by Gasteiger charge is -2.13. The minimum atomic E-state index is -3.87. The first kappa shape index (κ1) is 22.2. The van der Waals surface area contributed by atoms with Gasteiger partial charge in [0.15, 0.2) is 0 Å². The highest BCUT2D eigenvalue weighted by Crippen LogP contribution is 2.29. The Kier molecular flexibility index (Phi) is 7.15. The summed E-state index contributed by atoms with van der Waals surface area (Å²) in [5.74, 6) is 0.758. The molecule has 7 nitrogen and oxygen atoms in total. The number of hydrogen-bond acceptors (Lipinski definition) is 5. The Labute approximate surface area is 182 Å². The maximum atomic E-state index is 12.8. The third-order valence-corrected chi connectivity index (χ3v) is 5.81. The van der Waals surface area contributed by atoms with Crippen LogP contribution >= 0.6 is 0 Å². The number of ether oxygens (including phenoxy) is 2. The van der Waals surface area contributed by atoms with Crippen LogP contribution in [0.25, 0.3) is 0 Å². The first-order valence-corrected chi connectivity index (χ1v) is 11.2. The van der Waals surface area contributed by atoms with Gasteiger partial charge in [-0.1, -0.05) is 37.3 Å². The molecule has 0 aromatic heterocycles. The van der Waals surface area contributed by atoms with Gasteiger partial charge in [0.2, 0.25) is 5.91 Å². The van der Waals surface area contributed by atoms with E-state index in [0.717, 1.165) is 5.56 Å². The largest absolute Gasteiger partial charge is 0.495 e. The van der Waals surface area contributed by atoms with Crippen LogP contribution in [0, 0.1) is 0 Å². The van der Waals surface area contributed by atoms with Crippen molar-refractivity contribution in [2.24, 2.45) is 0 Å². The molecule has 31 heavy (non-hydrogen) atoms. The van der Waals surface area contributed by atoms with Crippen LogP contribution in [-0.4, -0.2) is 21.4 Å². The van der Waals surface area contributed by atoms with Gasteiger partial charge in [-0.05, 0) is 48.0 Å². The second kappa shape index (κ2) is 9.99. The summed E-state index contributed by atoms with van der Waals surface area (Å²) in [7, 11) is -2.42. The van der Waals surface area contributed by atoms with Crippen molar-refractivity contribution in [1.29, 1.82) is 0 Å². The summed E-state index contributed by atoms with van der Waals surface area (Å²) >= 11 is 0. The van der Waals surface area contributed by atoms with Crippen molar-refractivity contribution < 1.29 is 22.7 Å². The molecule has 0 aliphatic heterocycles. The van der Waals surface area contributed by atoms with Crippen molar-refractivity contribution >= 4 is 27.3 Å². The van der Waals surface area contributed by atoms with Crippen molar-refractivity contribution in [3.8, 4) is 11.5 Å². The van der Waals surface area contributed by atoms with Gasteiger partial charge in [-0.25, -0.2) is 8.42 Å². The molecule has 0 spiro atoms. The number of anilines is 2. The smallest absolute Gasteiger partial charge is 0.261 e. The number of carbonyl (C=O) groups excluding carboxylic acids is 1. The fourth-order valence-corrected chi connectivity index (χ4v) is 3.85. The number of hydrogen-bond donors (Lipinski definition) is 2. The van der Waals surface area contributed by atoms with E-state index in [4.69, 9.17) is 9.47 Å². The number of sulfonamides is 1. The Balaban J connectivity index is 1.71. The molecule has 0 radical (unpaired) electrons. The molecule has 8 heteroatoms. The van der Waals surface area contributed by atoms with Gasteiger partial charge in [-0.2, -0.15) is 0 Å². The van der Waals surface area contributed by atoms with Gasteiger partial charge in [0.25, 0.3) is 10.0 Å². The fourth-order valence-electron chi connectivity index (χ4n) is 2.76. The monoisotopic (exact) mass is 440 g/mol. The minimum absolute atomic E-state index is 0.00380. The van der Waals surface area contributed by atoms with Gasteiger partial charge < -0.3 is 14.8 Å².